The molecule has 2 aromatic rings. The molecular formula is C22H26N2O5S2. The van der Waals surface area contributed by atoms with Gasteiger partial charge in [0.15, 0.2) is 11.5 Å². The van der Waals surface area contributed by atoms with Crippen molar-refractivity contribution >= 4 is 35.5 Å². The van der Waals surface area contributed by atoms with E-state index in [1.165, 1.54) is 0 Å². The number of aliphatic carboxylic acids is 1. The van der Waals surface area contributed by atoms with Gasteiger partial charge in [-0.3, -0.25) is 4.79 Å². The van der Waals surface area contributed by atoms with Gasteiger partial charge in [0.1, 0.15) is 0 Å². The second-order valence-electron chi connectivity index (χ2n) is 6.98. The van der Waals surface area contributed by atoms with Crippen LogP contribution in [0.2, 0.25) is 0 Å². The zero-order chi connectivity index (χ0) is 22.1. The van der Waals surface area contributed by atoms with Crippen LogP contribution >= 0.6 is 23.5 Å². The van der Waals surface area contributed by atoms with Crippen LogP contribution in [0.15, 0.2) is 53.4 Å². The van der Waals surface area contributed by atoms with Crippen molar-refractivity contribution in [1.82, 2.24) is 10.6 Å². The summed E-state index contributed by atoms with van der Waals surface area (Å²) in [6.07, 6.45) is 2.62. The van der Waals surface area contributed by atoms with Crippen molar-refractivity contribution in [2.75, 3.05) is 24.6 Å². The molecule has 2 aromatic carbocycles. The molecule has 1 aliphatic rings. The van der Waals surface area contributed by atoms with Crippen LogP contribution in [0.3, 0.4) is 0 Å². The van der Waals surface area contributed by atoms with E-state index in [0.29, 0.717) is 17.1 Å². The monoisotopic (exact) mass is 462 g/mol. The second kappa shape index (κ2) is 11.8. The van der Waals surface area contributed by atoms with Crippen molar-refractivity contribution in [3.63, 3.8) is 0 Å². The van der Waals surface area contributed by atoms with E-state index >= 15 is 0 Å². The molecule has 0 aliphatic carbocycles. The molecule has 31 heavy (non-hydrogen) atoms. The van der Waals surface area contributed by atoms with Crippen molar-refractivity contribution in [2.45, 2.75) is 29.8 Å². The summed E-state index contributed by atoms with van der Waals surface area (Å²) in [4.78, 5) is 25.3. The molecule has 0 saturated heterocycles. The summed E-state index contributed by atoms with van der Waals surface area (Å²) in [5.74, 6) is 1.80. The van der Waals surface area contributed by atoms with Crippen LogP contribution in [0.25, 0.3) is 0 Å². The van der Waals surface area contributed by atoms with Crippen molar-refractivity contribution < 1.29 is 24.2 Å². The van der Waals surface area contributed by atoms with Gasteiger partial charge in [-0.1, -0.05) is 24.3 Å². The molecule has 2 amide bonds. The number of ether oxygens (including phenoxy) is 2. The number of rotatable bonds is 11. The first-order valence-corrected chi connectivity index (χ1v) is 12.3. The van der Waals surface area contributed by atoms with Crippen LogP contribution in [-0.2, 0) is 4.79 Å². The molecule has 1 heterocycles. The average Bonchev–Trinajstić information content (AvgIpc) is 3.23. The molecule has 0 spiro atoms. The molecule has 0 bridgehead atoms. The minimum absolute atomic E-state index is 0.0418. The number of carboxylic acid groups (broad SMARTS) is 1. The Morgan fingerprint density at radius 1 is 1.10 bits per heavy atom. The zero-order valence-corrected chi connectivity index (χ0v) is 18.8. The predicted molar refractivity (Wildman–Crippen MR) is 123 cm³/mol. The molecule has 0 unspecified atom stereocenters. The van der Waals surface area contributed by atoms with E-state index in [0.717, 1.165) is 22.8 Å². The number of benzene rings is 2. The summed E-state index contributed by atoms with van der Waals surface area (Å²) < 4.78 is 10.7. The first-order valence-electron chi connectivity index (χ1n) is 9.90. The lowest BCUT2D eigenvalue weighted by molar-refractivity contribution is -0.137. The van der Waals surface area contributed by atoms with Gasteiger partial charge in [0.05, 0.1) is 12.5 Å². The Kier molecular flexibility index (Phi) is 8.78. The van der Waals surface area contributed by atoms with Gasteiger partial charge in [0.2, 0.25) is 6.79 Å². The van der Waals surface area contributed by atoms with E-state index in [2.05, 4.69) is 10.6 Å². The summed E-state index contributed by atoms with van der Waals surface area (Å²) >= 11 is 3.41. The van der Waals surface area contributed by atoms with E-state index in [1.807, 2.05) is 36.6 Å². The van der Waals surface area contributed by atoms with Crippen molar-refractivity contribution in [1.29, 1.82) is 0 Å². The van der Waals surface area contributed by atoms with E-state index in [-0.39, 0.29) is 25.3 Å². The van der Waals surface area contributed by atoms with Crippen LogP contribution in [0.5, 0.6) is 11.5 Å². The Morgan fingerprint density at radius 2 is 1.87 bits per heavy atom. The number of hydrogen-bond donors (Lipinski definition) is 3. The highest BCUT2D eigenvalue weighted by atomic mass is 32.2. The number of nitrogens with one attached hydrogen (secondary N) is 2. The molecule has 7 nitrogen and oxygen atoms in total. The topological polar surface area (TPSA) is 96.9 Å². The van der Waals surface area contributed by atoms with Crippen molar-refractivity contribution in [2.24, 2.45) is 0 Å². The van der Waals surface area contributed by atoms with Gasteiger partial charge in [-0.15, -0.1) is 11.8 Å². The molecule has 3 N–H and O–H groups in total. The highest BCUT2D eigenvalue weighted by Gasteiger charge is 2.23. The van der Waals surface area contributed by atoms with Crippen LogP contribution in [0.4, 0.5) is 4.79 Å². The van der Waals surface area contributed by atoms with Gasteiger partial charge >= 0.3 is 12.0 Å². The Labute approximate surface area is 190 Å². The number of carboxylic acids is 1. The molecule has 0 saturated carbocycles. The normalized spacial score (nSPS) is 14.0. The molecule has 9 heteroatoms. The number of fused-ring (bicyclic) bond motifs is 1. The third-order valence-corrected chi connectivity index (χ3v) is 6.50. The maximum atomic E-state index is 12.7. The summed E-state index contributed by atoms with van der Waals surface area (Å²) in [5.41, 5.74) is 0.654. The van der Waals surface area contributed by atoms with Gasteiger partial charge in [0, 0.05) is 16.7 Å². The lowest BCUT2D eigenvalue weighted by atomic mass is 10.0. The molecule has 0 aromatic heterocycles. The standard InChI is InChI=1S/C22H26N2O5S2/c1-30-10-9-16(13-31-17-5-3-2-4-6-17)23-22(27)24-18(12-21(25)26)15-7-8-19-20(11-15)29-14-28-19/h2-8,11,16,18H,9-10,12-14H2,1H3,(H,25,26)(H2,23,24,27)/t16-,18-/m0/s1. The molecular weight excluding hydrogens is 436 g/mol. The lowest BCUT2D eigenvalue weighted by Crippen LogP contribution is -2.45. The van der Waals surface area contributed by atoms with E-state index in [1.54, 1.807) is 41.7 Å². The number of carbonyl (C=O) groups excluding carboxylic acids is 1. The number of thioether (sulfide) groups is 2. The number of hydrogen-bond acceptors (Lipinski definition) is 6. The Balaban J connectivity index is 1.63. The van der Waals surface area contributed by atoms with Crippen LogP contribution in [-0.4, -0.2) is 47.7 Å². The lowest BCUT2D eigenvalue weighted by Gasteiger charge is -2.22. The van der Waals surface area contributed by atoms with Crippen molar-refractivity contribution in [3.05, 3.63) is 54.1 Å². The summed E-state index contributed by atoms with van der Waals surface area (Å²) in [6.45, 7) is 0.131. The Bertz CT molecular complexity index is 881. The van der Waals surface area contributed by atoms with Crippen LogP contribution < -0.4 is 20.1 Å². The minimum Gasteiger partial charge on any atom is -0.481 e. The quantitative estimate of drug-likeness (QED) is 0.432. The third kappa shape index (κ3) is 7.29. The fourth-order valence-electron chi connectivity index (χ4n) is 3.11. The number of carbonyl (C=O) groups is 2. The Hall–Kier alpha value is -2.52. The first-order chi connectivity index (χ1) is 15.0. The molecule has 0 radical (unpaired) electrons. The molecule has 3 rings (SSSR count). The third-order valence-electron chi connectivity index (χ3n) is 4.68. The minimum atomic E-state index is -0.999. The maximum absolute atomic E-state index is 12.7. The van der Waals surface area contributed by atoms with E-state index in [4.69, 9.17) is 9.47 Å². The fraction of sp³-hybridized carbons (Fsp3) is 0.364. The SMILES string of the molecule is CSCC[C@@H](CSc1ccccc1)NC(=O)N[C@@H](CC(=O)O)c1ccc2c(c1)OCO2. The number of urea groups is 1. The van der Waals surface area contributed by atoms with Gasteiger partial charge in [0.25, 0.3) is 0 Å². The predicted octanol–water partition coefficient (Wildman–Crippen LogP) is 4.14. The molecule has 2 atom stereocenters. The van der Waals surface area contributed by atoms with E-state index in [9.17, 15) is 14.7 Å². The highest BCUT2D eigenvalue weighted by molar-refractivity contribution is 7.99. The van der Waals surface area contributed by atoms with Gasteiger partial charge < -0.3 is 25.2 Å². The smallest absolute Gasteiger partial charge is 0.315 e. The van der Waals surface area contributed by atoms with Gasteiger partial charge in [-0.2, -0.15) is 11.8 Å². The largest absolute Gasteiger partial charge is 0.481 e. The van der Waals surface area contributed by atoms with Crippen molar-refractivity contribution in [3.8, 4) is 11.5 Å². The highest BCUT2D eigenvalue weighted by Crippen LogP contribution is 2.34. The van der Waals surface area contributed by atoms with Crippen LogP contribution in [0.1, 0.15) is 24.4 Å². The zero-order valence-electron chi connectivity index (χ0n) is 17.2. The number of amides is 2. The maximum Gasteiger partial charge on any atom is 0.315 e. The summed E-state index contributed by atoms with van der Waals surface area (Å²) in [7, 11) is 0. The molecule has 166 valence electrons. The Morgan fingerprint density at radius 3 is 2.61 bits per heavy atom. The molecule has 1 aliphatic heterocycles. The van der Waals surface area contributed by atoms with Gasteiger partial charge in [-0.05, 0) is 48.3 Å². The first kappa shape index (κ1) is 23.1. The summed E-state index contributed by atoms with van der Waals surface area (Å²) in [6, 6.07) is 14.1. The average molecular weight is 463 g/mol. The second-order valence-corrected chi connectivity index (χ2v) is 9.06. The fourth-order valence-corrected chi connectivity index (χ4v) is 4.63. The van der Waals surface area contributed by atoms with Gasteiger partial charge in [-0.25, -0.2) is 4.79 Å². The van der Waals surface area contributed by atoms with Crippen LogP contribution in [0, 0.1) is 0 Å². The summed E-state index contributed by atoms with van der Waals surface area (Å²) in [5, 5.41) is 15.2. The molecule has 0 fully saturated rings. The van der Waals surface area contributed by atoms with E-state index < -0.39 is 12.0 Å².